The van der Waals surface area contributed by atoms with Crippen LogP contribution in [0.25, 0.3) is 0 Å². The highest BCUT2D eigenvalue weighted by molar-refractivity contribution is 5.62. The smallest absolute Gasteiger partial charge is 0.447 e. The molecule has 17 heavy (non-hydrogen) atoms. The molecule has 2 atom stereocenters. The van der Waals surface area contributed by atoms with Gasteiger partial charge in [0.1, 0.15) is 6.10 Å². The quantitative estimate of drug-likeness (QED) is 0.435. The molecule has 1 aliphatic carbocycles. The van der Waals surface area contributed by atoms with Crippen LogP contribution in [0.5, 0.6) is 0 Å². The van der Waals surface area contributed by atoms with Crippen molar-refractivity contribution in [2.24, 2.45) is 11.3 Å². The lowest BCUT2D eigenvalue weighted by Gasteiger charge is -2.37. The topological polar surface area (TPSA) is 82.1 Å². The molecular weight excluding hydrogens is 228 g/mol. The number of hydrogen-bond acceptors (Lipinski definition) is 5. The maximum atomic E-state index is 11.1. The summed E-state index contributed by atoms with van der Waals surface area (Å²) in [6.45, 7) is 6.31. The zero-order valence-corrected chi connectivity index (χ0v) is 10.3. The molecule has 0 aliphatic heterocycles. The Morgan fingerprint density at radius 3 is 2.41 bits per heavy atom. The first-order valence-electron chi connectivity index (χ1n) is 5.56. The van der Waals surface area contributed by atoms with Crippen molar-refractivity contribution in [3.05, 3.63) is 0 Å². The summed E-state index contributed by atoms with van der Waals surface area (Å²) in [5.74, 6) is 0.456. The van der Waals surface area contributed by atoms with Crippen LogP contribution >= 0.6 is 0 Å². The molecule has 0 saturated heterocycles. The largest absolute Gasteiger partial charge is 0.550 e. The van der Waals surface area contributed by atoms with E-state index in [1.807, 2.05) is 0 Å². The summed E-state index contributed by atoms with van der Waals surface area (Å²) in [4.78, 5) is 28.7. The molecule has 0 aromatic rings. The Morgan fingerprint density at radius 1 is 1.24 bits per heavy atom. The van der Waals surface area contributed by atoms with Crippen molar-refractivity contribution < 1.29 is 29.2 Å². The fourth-order valence-electron chi connectivity index (χ4n) is 2.57. The Labute approximate surface area is 99.8 Å². The molecular formula is C11H18O6. The van der Waals surface area contributed by atoms with Crippen LogP contribution in [0.3, 0.4) is 0 Å². The van der Waals surface area contributed by atoms with Crippen molar-refractivity contribution in [1.82, 2.24) is 0 Å². The fraction of sp³-hybridized carbons (Fsp3) is 0.818. The highest BCUT2D eigenvalue weighted by atomic mass is 17.3. The lowest BCUT2D eigenvalue weighted by Crippen LogP contribution is -2.34. The van der Waals surface area contributed by atoms with Crippen molar-refractivity contribution in [3.63, 3.8) is 0 Å². The summed E-state index contributed by atoms with van der Waals surface area (Å²) in [6, 6.07) is 0. The fourth-order valence-corrected chi connectivity index (χ4v) is 2.57. The first-order valence-corrected chi connectivity index (χ1v) is 5.56. The third-order valence-electron chi connectivity index (χ3n) is 2.79. The van der Waals surface area contributed by atoms with Crippen molar-refractivity contribution in [2.45, 2.75) is 46.1 Å². The van der Waals surface area contributed by atoms with Crippen LogP contribution in [0.2, 0.25) is 0 Å². The summed E-state index contributed by atoms with van der Waals surface area (Å²) in [6.07, 6.45) is -0.473. The summed E-state index contributed by atoms with van der Waals surface area (Å²) in [5.41, 5.74) is 0.107. The van der Waals surface area contributed by atoms with E-state index < -0.39 is 12.3 Å². The third kappa shape index (κ3) is 4.93. The van der Waals surface area contributed by atoms with Crippen LogP contribution in [-0.2, 0) is 14.5 Å². The van der Waals surface area contributed by atoms with Gasteiger partial charge in [-0.15, -0.1) is 0 Å². The van der Waals surface area contributed by atoms with Crippen LogP contribution in [0.1, 0.15) is 40.0 Å². The number of carboxylic acid groups (broad SMARTS) is 1. The molecule has 6 heteroatoms. The van der Waals surface area contributed by atoms with Gasteiger partial charge in [0, 0.05) is 0 Å². The van der Waals surface area contributed by atoms with Gasteiger partial charge in [-0.3, -0.25) is 0 Å². The van der Waals surface area contributed by atoms with Gasteiger partial charge in [-0.2, -0.15) is 9.68 Å². The minimum atomic E-state index is -1.68. The Hall–Kier alpha value is -1.46. The Morgan fingerprint density at radius 2 is 1.88 bits per heavy atom. The van der Waals surface area contributed by atoms with E-state index >= 15 is 0 Å². The van der Waals surface area contributed by atoms with Gasteiger partial charge in [0.25, 0.3) is 0 Å². The number of carbonyl (C=O) groups is 2. The van der Waals surface area contributed by atoms with Crippen LogP contribution in [0.15, 0.2) is 0 Å². The lowest BCUT2D eigenvalue weighted by molar-refractivity contribution is -0.219. The second kappa shape index (κ2) is 5.25. The Bertz CT molecular complexity index is 298. The first-order chi connectivity index (χ1) is 7.78. The van der Waals surface area contributed by atoms with E-state index in [-0.39, 0.29) is 11.5 Å². The average molecular weight is 246 g/mol. The van der Waals surface area contributed by atoms with Crippen LogP contribution in [-0.4, -0.2) is 23.5 Å². The van der Waals surface area contributed by atoms with Crippen LogP contribution < -0.4 is 0 Å². The molecule has 0 amide bonds. The minimum Gasteiger partial charge on any atom is -0.447 e. The van der Waals surface area contributed by atoms with Crippen LogP contribution in [0.4, 0.5) is 9.59 Å². The second-order valence-electron chi connectivity index (χ2n) is 5.34. The molecule has 98 valence electrons. The number of hydrogen-bond donors (Lipinski definition) is 1. The normalized spacial score (nSPS) is 27.0. The molecule has 1 aliphatic rings. The van der Waals surface area contributed by atoms with Crippen molar-refractivity contribution in [3.8, 4) is 0 Å². The minimum absolute atomic E-state index is 0.107. The molecule has 0 spiro atoms. The van der Waals surface area contributed by atoms with Gasteiger partial charge >= 0.3 is 12.3 Å². The van der Waals surface area contributed by atoms with Gasteiger partial charge in [-0.1, -0.05) is 20.8 Å². The molecule has 1 fully saturated rings. The predicted octanol–water partition coefficient (Wildman–Crippen LogP) is 2.96. The van der Waals surface area contributed by atoms with E-state index in [0.29, 0.717) is 5.92 Å². The Kier molecular flexibility index (Phi) is 4.20. The van der Waals surface area contributed by atoms with Gasteiger partial charge in [-0.25, -0.2) is 9.68 Å². The zero-order chi connectivity index (χ0) is 13.1. The number of rotatable bonds is 1. The molecule has 0 aromatic carbocycles. The maximum Gasteiger partial charge on any atom is 0.550 e. The summed E-state index contributed by atoms with van der Waals surface area (Å²) in [7, 11) is 0. The van der Waals surface area contributed by atoms with Gasteiger partial charge in [0.2, 0.25) is 0 Å². The number of ether oxygens (including phenoxy) is 1. The molecule has 0 radical (unpaired) electrons. The van der Waals surface area contributed by atoms with Crippen molar-refractivity contribution >= 4 is 12.3 Å². The van der Waals surface area contributed by atoms with Gasteiger partial charge in [0.05, 0.1) is 0 Å². The first kappa shape index (κ1) is 13.6. The van der Waals surface area contributed by atoms with E-state index in [4.69, 9.17) is 9.84 Å². The average Bonchev–Trinajstić information content (AvgIpc) is 2.11. The number of carbonyl (C=O) groups excluding carboxylic acids is 1. The van der Waals surface area contributed by atoms with Crippen molar-refractivity contribution in [1.29, 1.82) is 0 Å². The van der Waals surface area contributed by atoms with Gasteiger partial charge in [-0.05, 0) is 30.6 Å². The van der Waals surface area contributed by atoms with Crippen molar-refractivity contribution in [2.75, 3.05) is 0 Å². The predicted molar refractivity (Wildman–Crippen MR) is 57.3 cm³/mol. The highest BCUT2D eigenvalue weighted by Crippen LogP contribution is 2.39. The molecule has 1 rings (SSSR count). The SMILES string of the molecule is C[C@@H]1C[C@H](OC(=O)OOC(=O)O)CC(C)(C)C1. The van der Waals surface area contributed by atoms with Gasteiger partial charge < -0.3 is 9.84 Å². The van der Waals surface area contributed by atoms with E-state index in [1.165, 1.54) is 0 Å². The molecule has 0 heterocycles. The summed E-state index contributed by atoms with van der Waals surface area (Å²) in [5, 5.41) is 8.14. The summed E-state index contributed by atoms with van der Waals surface area (Å²) < 4.78 is 5.00. The molecule has 6 nitrogen and oxygen atoms in total. The van der Waals surface area contributed by atoms with E-state index in [0.717, 1.165) is 19.3 Å². The standard InChI is InChI=1S/C11H18O6/c1-7-4-8(6-11(2,3)5-7)15-10(14)17-16-9(12)13/h7-8H,4-6H2,1-3H3,(H,12,13)/t7-,8+/m1/s1. The summed E-state index contributed by atoms with van der Waals surface area (Å²) >= 11 is 0. The molecule has 0 aromatic heterocycles. The van der Waals surface area contributed by atoms with E-state index in [2.05, 4.69) is 30.5 Å². The maximum absolute atomic E-state index is 11.1. The molecule has 1 N–H and O–H groups in total. The van der Waals surface area contributed by atoms with E-state index in [1.54, 1.807) is 0 Å². The lowest BCUT2D eigenvalue weighted by atomic mass is 9.71. The molecule has 1 saturated carbocycles. The highest BCUT2D eigenvalue weighted by Gasteiger charge is 2.34. The van der Waals surface area contributed by atoms with E-state index in [9.17, 15) is 9.59 Å². The molecule has 0 bridgehead atoms. The van der Waals surface area contributed by atoms with Crippen LogP contribution in [0, 0.1) is 11.3 Å². The second-order valence-corrected chi connectivity index (χ2v) is 5.34. The third-order valence-corrected chi connectivity index (χ3v) is 2.79. The van der Waals surface area contributed by atoms with Gasteiger partial charge in [0.15, 0.2) is 0 Å². The Balaban J connectivity index is 2.40. The zero-order valence-electron chi connectivity index (χ0n) is 10.3. The monoisotopic (exact) mass is 246 g/mol. The molecule has 0 unspecified atom stereocenters.